The van der Waals surface area contributed by atoms with Gasteiger partial charge in [-0.25, -0.2) is 0 Å². The van der Waals surface area contributed by atoms with Gasteiger partial charge < -0.3 is 10.5 Å². The van der Waals surface area contributed by atoms with E-state index in [1.165, 1.54) is 14.0 Å². The topological polar surface area (TPSA) is 52.3 Å². The van der Waals surface area contributed by atoms with Gasteiger partial charge in [0, 0.05) is 6.42 Å². The maximum atomic E-state index is 11.7. The molecule has 60 valence electrons. The first-order valence-electron chi connectivity index (χ1n) is 2.98. The standard InChI is InChI=1S/C6H12FNO2/c1-6(8,3-4-7)5(9)10-2/h3-4,8H2,1-2H3/t6-/m1/s1. The second-order valence-electron chi connectivity index (χ2n) is 2.35. The van der Waals surface area contributed by atoms with Crippen LogP contribution in [0.5, 0.6) is 0 Å². The lowest BCUT2D eigenvalue weighted by Crippen LogP contribution is -2.46. The predicted molar refractivity (Wildman–Crippen MR) is 35.2 cm³/mol. The van der Waals surface area contributed by atoms with Crippen LogP contribution in [0, 0.1) is 0 Å². The van der Waals surface area contributed by atoms with E-state index in [0.717, 1.165) is 0 Å². The van der Waals surface area contributed by atoms with Gasteiger partial charge >= 0.3 is 5.97 Å². The van der Waals surface area contributed by atoms with Crippen molar-refractivity contribution in [2.75, 3.05) is 13.8 Å². The van der Waals surface area contributed by atoms with Crippen LogP contribution < -0.4 is 5.73 Å². The number of halogens is 1. The lowest BCUT2D eigenvalue weighted by atomic mass is 10.0. The molecule has 0 saturated heterocycles. The van der Waals surface area contributed by atoms with Gasteiger partial charge in [-0.1, -0.05) is 0 Å². The van der Waals surface area contributed by atoms with Crippen LogP contribution in [0.25, 0.3) is 0 Å². The summed E-state index contributed by atoms with van der Waals surface area (Å²) < 4.78 is 16.0. The highest BCUT2D eigenvalue weighted by atomic mass is 19.1. The summed E-state index contributed by atoms with van der Waals surface area (Å²) in [7, 11) is 1.23. The molecule has 0 aliphatic rings. The highest BCUT2D eigenvalue weighted by molar-refractivity contribution is 5.79. The molecule has 0 saturated carbocycles. The van der Waals surface area contributed by atoms with E-state index < -0.39 is 18.2 Å². The first-order chi connectivity index (χ1) is 4.54. The largest absolute Gasteiger partial charge is 0.468 e. The SMILES string of the molecule is COC(=O)[C@](C)(N)CCF. The zero-order chi connectivity index (χ0) is 8.20. The normalized spacial score (nSPS) is 16.0. The van der Waals surface area contributed by atoms with Gasteiger partial charge in [0.25, 0.3) is 0 Å². The molecular weight excluding hydrogens is 137 g/mol. The van der Waals surface area contributed by atoms with Crippen LogP contribution in [0.4, 0.5) is 4.39 Å². The number of esters is 1. The van der Waals surface area contributed by atoms with Crippen LogP contribution in [0.2, 0.25) is 0 Å². The maximum absolute atomic E-state index is 11.7. The van der Waals surface area contributed by atoms with Crippen LogP contribution in [0.3, 0.4) is 0 Å². The number of hydrogen-bond acceptors (Lipinski definition) is 3. The van der Waals surface area contributed by atoms with Crippen LogP contribution in [-0.2, 0) is 9.53 Å². The molecule has 2 N–H and O–H groups in total. The Bertz CT molecular complexity index is 125. The Hall–Kier alpha value is -0.640. The third-order valence-corrected chi connectivity index (χ3v) is 1.27. The molecule has 1 atom stereocenters. The molecule has 10 heavy (non-hydrogen) atoms. The van der Waals surface area contributed by atoms with Crippen molar-refractivity contribution in [2.24, 2.45) is 5.73 Å². The summed E-state index contributed by atoms with van der Waals surface area (Å²) in [5.41, 5.74) is 4.19. The van der Waals surface area contributed by atoms with E-state index in [0.29, 0.717) is 0 Å². The van der Waals surface area contributed by atoms with Crippen LogP contribution in [0.1, 0.15) is 13.3 Å². The van der Waals surface area contributed by atoms with Crippen molar-refractivity contribution in [1.29, 1.82) is 0 Å². The number of nitrogens with two attached hydrogens (primary N) is 1. The third kappa shape index (κ3) is 2.31. The molecule has 0 rings (SSSR count). The lowest BCUT2D eigenvalue weighted by molar-refractivity contribution is -0.146. The molecule has 0 amide bonds. The third-order valence-electron chi connectivity index (χ3n) is 1.27. The fourth-order valence-electron chi connectivity index (χ4n) is 0.532. The molecule has 4 heteroatoms. The Morgan fingerprint density at radius 1 is 1.80 bits per heavy atom. The average molecular weight is 149 g/mol. The van der Waals surface area contributed by atoms with Crippen LogP contribution in [0.15, 0.2) is 0 Å². The molecule has 0 aromatic heterocycles. The molecule has 0 radical (unpaired) electrons. The Balaban J connectivity index is 3.96. The molecular formula is C6H12FNO2. The quantitative estimate of drug-likeness (QED) is 0.584. The van der Waals surface area contributed by atoms with E-state index in [9.17, 15) is 9.18 Å². The Morgan fingerprint density at radius 3 is 2.60 bits per heavy atom. The van der Waals surface area contributed by atoms with Crippen LogP contribution >= 0.6 is 0 Å². The number of rotatable bonds is 3. The molecule has 0 aliphatic carbocycles. The Labute approximate surface area is 59.3 Å². The number of carbonyl (C=O) groups is 1. The number of carbonyl (C=O) groups excluding carboxylic acids is 1. The number of methoxy groups -OCH3 is 1. The van der Waals surface area contributed by atoms with Gasteiger partial charge in [0.05, 0.1) is 13.8 Å². The highest BCUT2D eigenvalue weighted by Crippen LogP contribution is 2.07. The van der Waals surface area contributed by atoms with Gasteiger partial charge in [-0.2, -0.15) is 0 Å². The zero-order valence-corrected chi connectivity index (χ0v) is 6.19. The summed E-state index contributed by atoms with van der Waals surface area (Å²) in [4.78, 5) is 10.7. The molecule has 0 fully saturated rings. The van der Waals surface area contributed by atoms with E-state index >= 15 is 0 Å². The molecule has 0 aliphatic heterocycles. The number of ether oxygens (including phenoxy) is 1. The number of alkyl halides is 1. The molecule has 0 aromatic carbocycles. The van der Waals surface area contributed by atoms with E-state index in [-0.39, 0.29) is 6.42 Å². The van der Waals surface area contributed by atoms with Crippen molar-refractivity contribution in [2.45, 2.75) is 18.9 Å². The summed E-state index contributed by atoms with van der Waals surface area (Å²) in [6.07, 6.45) is -0.000324. The van der Waals surface area contributed by atoms with Crippen molar-refractivity contribution in [3.63, 3.8) is 0 Å². The molecule has 0 unspecified atom stereocenters. The summed E-state index contributed by atoms with van der Waals surface area (Å²) in [6.45, 7) is 0.834. The predicted octanol–water partition coefficient (Wildman–Crippen LogP) is 0.236. The second kappa shape index (κ2) is 3.51. The van der Waals surface area contributed by atoms with E-state index in [1.807, 2.05) is 0 Å². The summed E-state index contributed by atoms with van der Waals surface area (Å²) in [5.74, 6) is -0.579. The van der Waals surface area contributed by atoms with Crippen molar-refractivity contribution < 1.29 is 13.9 Å². The number of hydrogen-bond donors (Lipinski definition) is 1. The van der Waals surface area contributed by atoms with Gasteiger partial charge in [-0.3, -0.25) is 9.18 Å². The first-order valence-corrected chi connectivity index (χ1v) is 2.98. The Morgan fingerprint density at radius 2 is 2.30 bits per heavy atom. The summed E-state index contributed by atoms with van der Waals surface area (Å²) >= 11 is 0. The van der Waals surface area contributed by atoms with Gasteiger partial charge in [0.2, 0.25) is 0 Å². The molecule has 0 spiro atoms. The van der Waals surface area contributed by atoms with Crippen molar-refractivity contribution in [1.82, 2.24) is 0 Å². The molecule has 0 bridgehead atoms. The summed E-state index contributed by atoms with van der Waals surface area (Å²) in [5, 5.41) is 0. The van der Waals surface area contributed by atoms with Crippen LogP contribution in [-0.4, -0.2) is 25.3 Å². The minimum atomic E-state index is -1.18. The molecule has 0 heterocycles. The Kier molecular flexibility index (Phi) is 3.28. The minimum absolute atomic E-state index is 0.000324. The second-order valence-corrected chi connectivity index (χ2v) is 2.35. The lowest BCUT2D eigenvalue weighted by Gasteiger charge is -2.18. The summed E-state index contributed by atoms with van der Waals surface area (Å²) in [6, 6.07) is 0. The fraction of sp³-hybridized carbons (Fsp3) is 0.833. The van der Waals surface area contributed by atoms with E-state index in [1.54, 1.807) is 0 Å². The molecule has 3 nitrogen and oxygen atoms in total. The highest BCUT2D eigenvalue weighted by Gasteiger charge is 2.28. The smallest absolute Gasteiger partial charge is 0.325 e. The first kappa shape index (κ1) is 9.36. The zero-order valence-electron chi connectivity index (χ0n) is 6.19. The van der Waals surface area contributed by atoms with Gasteiger partial charge in [0.1, 0.15) is 5.54 Å². The average Bonchev–Trinajstić information content (AvgIpc) is 1.86. The molecule has 0 aromatic rings. The fourth-order valence-corrected chi connectivity index (χ4v) is 0.532. The van der Waals surface area contributed by atoms with Gasteiger partial charge in [-0.05, 0) is 6.92 Å². The van der Waals surface area contributed by atoms with E-state index in [2.05, 4.69) is 4.74 Å². The van der Waals surface area contributed by atoms with Crippen molar-refractivity contribution >= 4 is 5.97 Å². The van der Waals surface area contributed by atoms with E-state index in [4.69, 9.17) is 5.73 Å². The van der Waals surface area contributed by atoms with Gasteiger partial charge in [-0.15, -0.1) is 0 Å². The van der Waals surface area contributed by atoms with Crippen molar-refractivity contribution in [3.8, 4) is 0 Å². The minimum Gasteiger partial charge on any atom is -0.468 e. The monoisotopic (exact) mass is 149 g/mol. The van der Waals surface area contributed by atoms with Crippen molar-refractivity contribution in [3.05, 3.63) is 0 Å². The van der Waals surface area contributed by atoms with Gasteiger partial charge in [0.15, 0.2) is 0 Å². The maximum Gasteiger partial charge on any atom is 0.325 e.